The van der Waals surface area contributed by atoms with Gasteiger partial charge in [-0.3, -0.25) is 4.79 Å². The van der Waals surface area contributed by atoms with Crippen LogP contribution in [0.25, 0.3) is 6.08 Å². The second-order valence-corrected chi connectivity index (χ2v) is 7.44. The molecule has 160 valence electrons. The van der Waals surface area contributed by atoms with E-state index in [1.54, 1.807) is 6.08 Å². The molecule has 1 N–H and O–H groups in total. The number of rotatable bonds is 7. The van der Waals surface area contributed by atoms with Crippen LogP contribution in [0.2, 0.25) is 0 Å². The number of nitriles is 1. The van der Waals surface area contributed by atoms with E-state index < -0.39 is 0 Å². The lowest BCUT2D eigenvalue weighted by molar-refractivity contribution is -0.117. The first-order valence-corrected chi connectivity index (χ1v) is 10.7. The van der Waals surface area contributed by atoms with E-state index in [1.807, 2.05) is 97.1 Å². The van der Waals surface area contributed by atoms with Gasteiger partial charge in [0.2, 0.25) is 0 Å². The van der Waals surface area contributed by atoms with Crippen LogP contribution in [0.3, 0.4) is 0 Å². The predicted molar refractivity (Wildman–Crippen MR) is 133 cm³/mol. The highest BCUT2D eigenvalue weighted by molar-refractivity contribution is 6.01. The highest BCUT2D eigenvalue weighted by Crippen LogP contribution is 2.34. The number of anilines is 3. The van der Waals surface area contributed by atoms with Crippen molar-refractivity contribution in [2.45, 2.75) is 6.54 Å². The Kier molecular flexibility index (Phi) is 6.95. The third kappa shape index (κ3) is 5.55. The Hall–Kier alpha value is -4.62. The molecule has 0 atom stereocenters. The monoisotopic (exact) mass is 429 g/mol. The summed E-state index contributed by atoms with van der Waals surface area (Å²) in [4.78, 5) is 14.6. The molecule has 0 saturated heterocycles. The van der Waals surface area contributed by atoms with Gasteiger partial charge in [-0.1, -0.05) is 78.9 Å². The summed E-state index contributed by atoms with van der Waals surface area (Å²) in [6, 6.07) is 39.7. The average Bonchev–Trinajstić information content (AvgIpc) is 2.89. The molecule has 4 aromatic carbocycles. The van der Waals surface area contributed by atoms with Gasteiger partial charge in [-0.05, 0) is 53.6 Å². The number of amides is 1. The first kappa shape index (κ1) is 21.6. The lowest BCUT2D eigenvalue weighted by atomic mass is 10.1. The quantitative estimate of drug-likeness (QED) is 0.274. The van der Waals surface area contributed by atoms with Crippen LogP contribution >= 0.6 is 0 Å². The van der Waals surface area contributed by atoms with E-state index >= 15 is 0 Å². The zero-order valence-corrected chi connectivity index (χ0v) is 18.1. The van der Waals surface area contributed by atoms with Gasteiger partial charge in [0.05, 0.1) is 0 Å². The van der Waals surface area contributed by atoms with Crippen LogP contribution in [0, 0.1) is 11.3 Å². The third-order valence-electron chi connectivity index (χ3n) is 5.15. The minimum Gasteiger partial charge on any atom is -0.347 e. The molecule has 0 unspecified atom stereocenters. The van der Waals surface area contributed by atoms with Crippen molar-refractivity contribution >= 4 is 29.0 Å². The van der Waals surface area contributed by atoms with Crippen molar-refractivity contribution in [3.8, 4) is 6.07 Å². The van der Waals surface area contributed by atoms with Gasteiger partial charge in [-0.15, -0.1) is 0 Å². The van der Waals surface area contributed by atoms with Gasteiger partial charge in [0, 0.05) is 23.6 Å². The van der Waals surface area contributed by atoms with Crippen LogP contribution in [0.4, 0.5) is 17.1 Å². The Balaban J connectivity index is 1.55. The van der Waals surface area contributed by atoms with E-state index in [0.717, 1.165) is 28.2 Å². The number of para-hydroxylation sites is 2. The Morgan fingerprint density at radius 1 is 0.727 bits per heavy atom. The van der Waals surface area contributed by atoms with Crippen molar-refractivity contribution in [1.29, 1.82) is 5.26 Å². The van der Waals surface area contributed by atoms with Gasteiger partial charge in [0.1, 0.15) is 11.6 Å². The Labute approximate surface area is 194 Å². The third-order valence-corrected chi connectivity index (χ3v) is 5.15. The van der Waals surface area contributed by atoms with Crippen molar-refractivity contribution in [2.24, 2.45) is 0 Å². The molecule has 0 aromatic heterocycles. The van der Waals surface area contributed by atoms with Crippen LogP contribution in [0.5, 0.6) is 0 Å². The second kappa shape index (κ2) is 10.6. The Morgan fingerprint density at radius 2 is 1.21 bits per heavy atom. The SMILES string of the molecule is N#C/C(=C/c1ccc(N(c2ccccc2)c2ccccc2)cc1)C(=O)NCc1ccccc1. The van der Waals surface area contributed by atoms with Crippen molar-refractivity contribution in [3.63, 3.8) is 0 Å². The second-order valence-electron chi connectivity index (χ2n) is 7.44. The van der Waals surface area contributed by atoms with Gasteiger partial charge in [-0.25, -0.2) is 0 Å². The molecule has 4 rings (SSSR count). The van der Waals surface area contributed by atoms with E-state index in [1.165, 1.54) is 0 Å². The van der Waals surface area contributed by atoms with Crippen molar-refractivity contribution in [2.75, 3.05) is 4.90 Å². The van der Waals surface area contributed by atoms with Crippen LogP contribution in [-0.2, 0) is 11.3 Å². The summed E-state index contributed by atoms with van der Waals surface area (Å²) in [7, 11) is 0. The molecular weight excluding hydrogens is 406 g/mol. The van der Waals surface area contributed by atoms with Crippen molar-refractivity contribution in [3.05, 3.63) is 132 Å². The molecule has 0 aliphatic rings. The Bertz CT molecular complexity index is 1220. The molecule has 0 spiro atoms. The van der Waals surface area contributed by atoms with Crippen molar-refractivity contribution < 1.29 is 4.79 Å². The maximum absolute atomic E-state index is 12.5. The summed E-state index contributed by atoms with van der Waals surface area (Å²) in [5.41, 5.74) is 4.91. The summed E-state index contributed by atoms with van der Waals surface area (Å²) in [5, 5.41) is 12.3. The summed E-state index contributed by atoms with van der Waals surface area (Å²) in [6.07, 6.45) is 1.61. The number of carbonyl (C=O) groups excluding carboxylic acids is 1. The molecule has 1 amide bonds. The fourth-order valence-electron chi connectivity index (χ4n) is 3.51. The smallest absolute Gasteiger partial charge is 0.262 e. The molecule has 0 radical (unpaired) electrons. The lowest BCUT2D eigenvalue weighted by Gasteiger charge is -2.25. The number of nitrogens with one attached hydrogen (secondary N) is 1. The van der Waals surface area contributed by atoms with Gasteiger partial charge >= 0.3 is 0 Å². The maximum atomic E-state index is 12.5. The number of hydrogen-bond acceptors (Lipinski definition) is 3. The van der Waals surface area contributed by atoms with E-state index in [2.05, 4.69) is 34.5 Å². The molecule has 0 heterocycles. The Morgan fingerprint density at radius 3 is 1.73 bits per heavy atom. The minimum atomic E-state index is -0.388. The molecule has 0 fully saturated rings. The van der Waals surface area contributed by atoms with Gasteiger partial charge < -0.3 is 10.2 Å². The number of benzene rings is 4. The van der Waals surface area contributed by atoms with E-state index in [0.29, 0.717) is 6.54 Å². The molecule has 0 aliphatic carbocycles. The maximum Gasteiger partial charge on any atom is 0.262 e. The zero-order valence-electron chi connectivity index (χ0n) is 18.1. The van der Waals surface area contributed by atoms with Crippen LogP contribution < -0.4 is 10.2 Å². The molecule has 0 saturated carbocycles. The first-order valence-electron chi connectivity index (χ1n) is 10.7. The number of carbonyl (C=O) groups is 1. The zero-order chi connectivity index (χ0) is 22.9. The molecular formula is C29H23N3O. The molecule has 0 bridgehead atoms. The summed E-state index contributed by atoms with van der Waals surface area (Å²) >= 11 is 0. The average molecular weight is 430 g/mol. The minimum absolute atomic E-state index is 0.0710. The van der Waals surface area contributed by atoms with E-state index in [-0.39, 0.29) is 11.5 Å². The highest BCUT2D eigenvalue weighted by atomic mass is 16.1. The molecule has 0 aliphatic heterocycles. The predicted octanol–water partition coefficient (Wildman–Crippen LogP) is 6.38. The van der Waals surface area contributed by atoms with Crippen LogP contribution in [0.1, 0.15) is 11.1 Å². The van der Waals surface area contributed by atoms with Crippen LogP contribution in [-0.4, -0.2) is 5.91 Å². The number of nitrogens with zero attached hydrogens (tertiary/aromatic N) is 2. The summed E-state index contributed by atoms with van der Waals surface area (Å²) < 4.78 is 0. The van der Waals surface area contributed by atoms with Crippen LogP contribution in [0.15, 0.2) is 121 Å². The summed E-state index contributed by atoms with van der Waals surface area (Å²) in [6.45, 7) is 0.376. The standard InChI is InChI=1S/C29H23N3O/c30-21-25(29(33)31-22-24-10-4-1-5-11-24)20-23-16-18-28(19-17-23)32(26-12-6-2-7-13-26)27-14-8-3-9-15-27/h1-20H,22H2,(H,31,33)/b25-20-. The molecule has 4 nitrogen and oxygen atoms in total. The number of hydrogen-bond donors (Lipinski definition) is 1. The summed E-state index contributed by atoms with van der Waals surface area (Å²) in [5.74, 6) is -0.388. The van der Waals surface area contributed by atoms with E-state index in [9.17, 15) is 10.1 Å². The van der Waals surface area contributed by atoms with Crippen molar-refractivity contribution in [1.82, 2.24) is 5.32 Å². The van der Waals surface area contributed by atoms with E-state index in [4.69, 9.17) is 0 Å². The molecule has 4 aromatic rings. The fourth-order valence-corrected chi connectivity index (χ4v) is 3.51. The molecule has 4 heteroatoms. The first-order chi connectivity index (χ1) is 16.2. The largest absolute Gasteiger partial charge is 0.347 e. The molecule has 33 heavy (non-hydrogen) atoms. The van der Waals surface area contributed by atoms with Gasteiger partial charge in [0.15, 0.2) is 0 Å². The fraction of sp³-hybridized carbons (Fsp3) is 0.0345. The lowest BCUT2D eigenvalue weighted by Crippen LogP contribution is -2.23. The topological polar surface area (TPSA) is 56.1 Å². The van der Waals surface area contributed by atoms with Gasteiger partial charge in [-0.2, -0.15) is 5.26 Å². The van der Waals surface area contributed by atoms with Gasteiger partial charge in [0.25, 0.3) is 5.91 Å². The normalized spacial score (nSPS) is 10.8. The highest BCUT2D eigenvalue weighted by Gasteiger charge is 2.12.